The number of carboxylic acids is 1. The highest BCUT2D eigenvalue weighted by molar-refractivity contribution is 6.30. The SMILES string of the molecule is O=C(O)C1(Cc2ccc(F)c(Cl)c2)CCC1. The van der Waals surface area contributed by atoms with Crippen LogP contribution in [0.5, 0.6) is 0 Å². The molecule has 0 spiro atoms. The summed E-state index contributed by atoms with van der Waals surface area (Å²) in [5.74, 6) is -1.23. The summed E-state index contributed by atoms with van der Waals surface area (Å²) in [7, 11) is 0. The molecule has 1 aliphatic carbocycles. The van der Waals surface area contributed by atoms with Crippen molar-refractivity contribution in [2.45, 2.75) is 25.7 Å². The van der Waals surface area contributed by atoms with Gasteiger partial charge in [0.15, 0.2) is 0 Å². The van der Waals surface area contributed by atoms with Crippen molar-refractivity contribution in [2.75, 3.05) is 0 Å². The summed E-state index contributed by atoms with van der Waals surface area (Å²) in [6.45, 7) is 0. The molecule has 0 unspecified atom stereocenters. The van der Waals surface area contributed by atoms with Gasteiger partial charge in [-0.2, -0.15) is 0 Å². The Kier molecular flexibility index (Phi) is 2.89. The first kappa shape index (κ1) is 11.4. The van der Waals surface area contributed by atoms with Gasteiger partial charge in [0.1, 0.15) is 5.82 Å². The van der Waals surface area contributed by atoms with E-state index < -0.39 is 17.2 Å². The Labute approximate surface area is 98.0 Å². The van der Waals surface area contributed by atoms with Gasteiger partial charge in [-0.1, -0.05) is 24.1 Å². The van der Waals surface area contributed by atoms with Crippen molar-refractivity contribution < 1.29 is 14.3 Å². The molecular formula is C12H12ClFO2. The number of benzene rings is 1. The zero-order chi connectivity index (χ0) is 11.8. The molecule has 0 heterocycles. The molecule has 1 fully saturated rings. The molecule has 1 aliphatic rings. The maximum absolute atomic E-state index is 12.9. The molecule has 86 valence electrons. The third-order valence-corrected chi connectivity index (χ3v) is 3.58. The number of aliphatic carboxylic acids is 1. The van der Waals surface area contributed by atoms with Crippen LogP contribution < -0.4 is 0 Å². The summed E-state index contributed by atoms with van der Waals surface area (Å²) in [6.07, 6.45) is 2.76. The Morgan fingerprint density at radius 2 is 2.19 bits per heavy atom. The van der Waals surface area contributed by atoms with Gasteiger partial charge in [0.25, 0.3) is 0 Å². The lowest BCUT2D eigenvalue weighted by atomic mass is 9.65. The molecule has 0 saturated heterocycles. The van der Waals surface area contributed by atoms with E-state index in [0.29, 0.717) is 19.3 Å². The molecule has 0 atom stereocenters. The van der Waals surface area contributed by atoms with E-state index in [-0.39, 0.29) is 5.02 Å². The van der Waals surface area contributed by atoms with Crippen LogP contribution in [0.15, 0.2) is 18.2 Å². The summed E-state index contributed by atoms with van der Waals surface area (Å²) in [4.78, 5) is 11.2. The van der Waals surface area contributed by atoms with Crippen molar-refractivity contribution >= 4 is 17.6 Å². The quantitative estimate of drug-likeness (QED) is 0.883. The smallest absolute Gasteiger partial charge is 0.309 e. The number of halogens is 2. The first-order chi connectivity index (χ1) is 7.53. The zero-order valence-corrected chi connectivity index (χ0v) is 9.43. The zero-order valence-electron chi connectivity index (χ0n) is 8.67. The van der Waals surface area contributed by atoms with Crippen molar-refractivity contribution in [1.82, 2.24) is 0 Å². The normalized spacial score (nSPS) is 17.9. The van der Waals surface area contributed by atoms with Gasteiger partial charge in [-0.25, -0.2) is 4.39 Å². The van der Waals surface area contributed by atoms with E-state index in [0.717, 1.165) is 12.0 Å². The number of carbonyl (C=O) groups is 1. The van der Waals surface area contributed by atoms with Crippen LogP contribution in [0.2, 0.25) is 5.02 Å². The number of carboxylic acid groups (broad SMARTS) is 1. The van der Waals surface area contributed by atoms with Crippen LogP contribution in [-0.4, -0.2) is 11.1 Å². The summed E-state index contributed by atoms with van der Waals surface area (Å²) < 4.78 is 12.9. The van der Waals surface area contributed by atoms with Gasteiger partial charge in [0, 0.05) is 0 Å². The second-order valence-corrected chi connectivity index (χ2v) is 4.77. The van der Waals surface area contributed by atoms with Crippen LogP contribution in [0.25, 0.3) is 0 Å². The van der Waals surface area contributed by atoms with E-state index in [2.05, 4.69) is 0 Å². The van der Waals surface area contributed by atoms with Gasteiger partial charge in [-0.15, -0.1) is 0 Å². The average molecular weight is 243 g/mol. The molecule has 2 nitrogen and oxygen atoms in total. The predicted molar refractivity (Wildman–Crippen MR) is 59.0 cm³/mol. The summed E-state index contributed by atoms with van der Waals surface area (Å²) >= 11 is 5.66. The Balaban J connectivity index is 2.20. The van der Waals surface area contributed by atoms with E-state index in [1.807, 2.05) is 0 Å². The number of hydrogen-bond acceptors (Lipinski definition) is 1. The molecule has 2 rings (SSSR count). The Morgan fingerprint density at radius 1 is 1.50 bits per heavy atom. The van der Waals surface area contributed by atoms with Gasteiger partial charge < -0.3 is 5.11 Å². The molecule has 1 aromatic carbocycles. The lowest BCUT2D eigenvalue weighted by molar-refractivity contribution is -0.154. The highest BCUT2D eigenvalue weighted by Gasteiger charge is 2.44. The third kappa shape index (κ3) is 1.92. The molecule has 1 aromatic rings. The fourth-order valence-electron chi connectivity index (χ4n) is 2.11. The fourth-order valence-corrected chi connectivity index (χ4v) is 2.31. The Hall–Kier alpha value is -1.09. The first-order valence-electron chi connectivity index (χ1n) is 5.21. The highest BCUT2D eigenvalue weighted by Crippen LogP contribution is 2.44. The van der Waals surface area contributed by atoms with Crippen LogP contribution >= 0.6 is 11.6 Å². The van der Waals surface area contributed by atoms with Crippen LogP contribution in [0.3, 0.4) is 0 Å². The average Bonchev–Trinajstić information content (AvgIpc) is 2.16. The molecule has 1 N–H and O–H groups in total. The monoisotopic (exact) mass is 242 g/mol. The van der Waals surface area contributed by atoms with Gasteiger partial charge in [0.05, 0.1) is 10.4 Å². The number of rotatable bonds is 3. The molecular weight excluding hydrogens is 231 g/mol. The second-order valence-electron chi connectivity index (χ2n) is 4.36. The lowest BCUT2D eigenvalue weighted by Gasteiger charge is -2.37. The second kappa shape index (κ2) is 4.06. The summed E-state index contributed by atoms with van der Waals surface area (Å²) in [5, 5.41) is 9.22. The summed E-state index contributed by atoms with van der Waals surface area (Å²) in [5.41, 5.74) is 0.134. The van der Waals surface area contributed by atoms with Crippen LogP contribution in [0.4, 0.5) is 4.39 Å². The maximum atomic E-state index is 12.9. The van der Waals surface area contributed by atoms with Gasteiger partial charge >= 0.3 is 5.97 Å². The maximum Gasteiger partial charge on any atom is 0.309 e. The van der Waals surface area contributed by atoms with Crippen molar-refractivity contribution in [2.24, 2.45) is 5.41 Å². The number of hydrogen-bond donors (Lipinski definition) is 1. The van der Waals surface area contributed by atoms with Crippen LogP contribution in [0, 0.1) is 11.2 Å². The van der Waals surface area contributed by atoms with Crippen molar-refractivity contribution in [1.29, 1.82) is 0 Å². The fraction of sp³-hybridized carbons (Fsp3) is 0.417. The molecule has 0 aliphatic heterocycles. The van der Waals surface area contributed by atoms with Crippen LogP contribution in [0.1, 0.15) is 24.8 Å². The first-order valence-corrected chi connectivity index (χ1v) is 5.59. The minimum atomic E-state index is -0.765. The largest absolute Gasteiger partial charge is 0.481 e. The predicted octanol–water partition coefficient (Wildman–Crippen LogP) is 3.28. The minimum absolute atomic E-state index is 0.0531. The molecule has 0 radical (unpaired) electrons. The molecule has 0 bridgehead atoms. The molecule has 0 amide bonds. The minimum Gasteiger partial charge on any atom is -0.481 e. The molecule has 0 aromatic heterocycles. The van der Waals surface area contributed by atoms with Gasteiger partial charge in [0.2, 0.25) is 0 Å². The Bertz CT molecular complexity index is 427. The molecule has 1 saturated carbocycles. The van der Waals surface area contributed by atoms with Crippen LogP contribution in [-0.2, 0) is 11.2 Å². The van der Waals surface area contributed by atoms with Crippen molar-refractivity contribution in [3.63, 3.8) is 0 Å². The highest BCUT2D eigenvalue weighted by atomic mass is 35.5. The van der Waals surface area contributed by atoms with Crippen molar-refractivity contribution in [3.05, 3.63) is 34.6 Å². The topological polar surface area (TPSA) is 37.3 Å². The third-order valence-electron chi connectivity index (χ3n) is 3.29. The summed E-state index contributed by atoms with van der Waals surface area (Å²) in [6, 6.07) is 4.40. The van der Waals surface area contributed by atoms with E-state index in [1.54, 1.807) is 6.07 Å². The van der Waals surface area contributed by atoms with E-state index in [4.69, 9.17) is 16.7 Å². The van der Waals surface area contributed by atoms with E-state index in [9.17, 15) is 9.18 Å². The van der Waals surface area contributed by atoms with Gasteiger partial charge in [-0.05, 0) is 37.0 Å². The standard InChI is InChI=1S/C12H12ClFO2/c13-9-6-8(2-3-10(9)14)7-12(11(15)16)4-1-5-12/h2-3,6H,1,4-5,7H2,(H,15,16). The van der Waals surface area contributed by atoms with Crippen molar-refractivity contribution in [3.8, 4) is 0 Å². The van der Waals surface area contributed by atoms with Gasteiger partial charge in [-0.3, -0.25) is 4.79 Å². The Morgan fingerprint density at radius 3 is 2.62 bits per heavy atom. The molecule has 16 heavy (non-hydrogen) atoms. The van der Waals surface area contributed by atoms with E-state index >= 15 is 0 Å². The lowest BCUT2D eigenvalue weighted by Crippen LogP contribution is -2.39. The molecule has 4 heteroatoms. The van der Waals surface area contributed by atoms with E-state index in [1.165, 1.54) is 12.1 Å².